The minimum absolute atomic E-state index is 0.360. The largest absolute Gasteiger partial charge is 0.368 e. The summed E-state index contributed by atoms with van der Waals surface area (Å²) in [6, 6.07) is 4.83. The first-order valence-electron chi connectivity index (χ1n) is 4.74. The van der Waals surface area contributed by atoms with Crippen LogP contribution in [0.15, 0.2) is 18.2 Å². The molecule has 0 radical (unpaired) electrons. The van der Waals surface area contributed by atoms with Crippen molar-refractivity contribution < 1.29 is 13.2 Å². The third kappa shape index (κ3) is 3.34. The Hall–Kier alpha value is -1.27. The second-order valence-electron chi connectivity index (χ2n) is 3.62. The lowest BCUT2D eigenvalue weighted by molar-refractivity contribution is -0.116. The van der Waals surface area contributed by atoms with Crippen LogP contribution in [-0.4, -0.2) is 27.1 Å². The van der Waals surface area contributed by atoms with E-state index in [9.17, 15) is 13.2 Å². The molecule has 5 nitrogen and oxygen atoms in total. The molecule has 0 aliphatic carbocycles. The molecule has 0 aliphatic rings. The molecule has 94 valence electrons. The molecule has 1 rings (SSSR count). The molecular weight excluding hydrogens is 264 g/mol. The molecule has 0 spiro atoms. The van der Waals surface area contributed by atoms with Crippen molar-refractivity contribution in [3.05, 3.63) is 28.8 Å². The van der Waals surface area contributed by atoms with E-state index in [1.165, 1.54) is 0 Å². The molecule has 0 aromatic heterocycles. The Morgan fingerprint density at radius 3 is 2.53 bits per heavy atom. The van der Waals surface area contributed by atoms with E-state index in [0.717, 1.165) is 10.6 Å². The number of sulfonamides is 1. The van der Waals surface area contributed by atoms with Gasteiger partial charge in [0.15, 0.2) is 0 Å². The maximum Gasteiger partial charge on any atom is 0.238 e. The van der Waals surface area contributed by atoms with Gasteiger partial charge in [-0.15, -0.1) is 0 Å². The number of anilines is 1. The van der Waals surface area contributed by atoms with Crippen molar-refractivity contribution in [3.63, 3.8) is 0 Å². The summed E-state index contributed by atoms with van der Waals surface area (Å²) in [6.07, 6.45) is 1.01. The second-order valence-corrected chi connectivity index (χ2v) is 5.93. The lowest BCUT2D eigenvalue weighted by Crippen LogP contribution is -2.38. The van der Waals surface area contributed by atoms with Crippen LogP contribution in [0.5, 0.6) is 0 Å². The van der Waals surface area contributed by atoms with Gasteiger partial charge in [0.25, 0.3) is 0 Å². The molecule has 1 aromatic carbocycles. The van der Waals surface area contributed by atoms with Gasteiger partial charge in [-0.25, -0.2) is 8.42 Å². The third-order valence-corrected chi connectivity index (χ3v) is 3.74. The van der Waals surface area contributed by atoms with Gasteiger partial charge < -0.3 is 5.73 Å². The summed E-state index contributed by atoms with van der Waals surface area (Å²) in [5.41, 5.74) is 5.98. The first-order valence-corrected chi connectivity index (χ1v) is 6.97. The van der Waals surface area contributed by atoms with Crippen molar-refractivity contribution in [2.75, 3.05) is 17.1 Å². The smallest absolute Gasteiger partial charge is 0.238 e. The normalized spacial score (nSPS) is 11.2. The molecule has 7 heteroatoms. The summed E-state index contributed by atoms with van der Waals surface area (Å²) in [5, 5.41) is 0.431. The lowest BCUT2D eigenvalue weighted by Gasteiger charge is -2.22. The molecule has 1 aromatic rings. The van der Waals surface area contributed by atoms with Crippen molar-refractivity contribution >= 4 is 33.2 Å². The zero-order chi connectivity index (χ0) is 13.2. The number of carbonyl (C=O) groups excluding carboxylic acids is 1. The quantitative estimate of drug-likeness (QED) is 0.887. The molecule has 0 saturated carbocycles. The summed E-state index contributed by atoms with van der Waals surface area (Å²) < 4.78 is 24.2. The van der Waals surface area contributed by atoms with E-state index in [4.69, 9.17) is 17.3 Å². The van der Waals surface area contributed by atoms with Crippen LogP contribution in [0.25, 0.3) is 0 Å². The molecule has 0 bridgehead atoms. The summed E-state index contributed by atoms with van der Waals surface area (Å²) >= 11 is 5.91. The number of rotatable bonds is 4. The number of primary amides is 1. The monoisotopic (exact) mass is 276 g/mol. The van der Waals surface area contributed by atoms with E-state index in [1.54, 1.807) is 25.1 Å². The molecule has 17 heavy (non-hydrogen) atoms. The molecule has 1 amide bonds. The lowest BCUT2D eigenvalue weighted by atomic mass is 10.2. The van der Waals surface area contributed by atoms with Crippen LogP contribution < -0.4 is 10.0 Å². The van der Waals surface area contributed by atoms with Gasteiger partial charge in [-0.2, -0.15) is 0 Å². The zero-order valence-corrected chi connectivity index (χ0v) is 11.0. The van der Waals surface area contributed by atoms with Crippen molar-refractivity contribution in [3.8, 4) is 0 Å². The molecule has 0 atom stereocenters. The number of nitrogens with zero attached hydrogens (tertiary/aromatic N) is 1. The molecule has 0 fully saturated rings. The van der Waals surface area contributed by atoms with Gasteiger partial charge >= 0.3 is 0 Å². The van der Waals surface area contributed by atoms with Crippen LogP contribution in [0.4, 0.5) is 5.69 Å². The molecule has 0 unspecified atom stereocenters. The minimum Gasteiger partial charge on any atom is -0.368 e. The Morgan fingerprint density at radius 2 is 2.06 bits per heavy atom. The number of benzene rings is 1. The number of nitrogens with two attached hydrogens (primary N) is 1. The van der Waals surface area contributed by atoms with Gasteiger partial charge in [-0.1, -0.05) is 17.7 Å². The first-order chi connectivity index (χ1) is 7.73. The fraction of sp³-hybridized carbons (Fsp3) is 0.300. The highest BCUT2D eigenvalue weighted by atomic mass is 35.5. The van der Waals surface area contributed by atoms with E-state index < -0.39 is 22.5 Å². The maximum atomic E-state index is 11.6. The Bertz CT molecular complexity index is 542. The van der Waals surface area contributed by atoms with Crippen molar-refractivity contribution in [2.45, 2.75) is 6.92 Å². The highest BCUT2D eigenvalue weighted by Crippen LogP contribution is 2.27. The van der Waals surface area contributed by atoms with Crippen LogP contribution in [0.3, 0.4) is 0 Å². The molecule has 2 N–H and O–H groups in total. The van der Waals surface area contributed by atoms with Gasteiger partial charge in [-0.3, -0.25) is 9.10 Å². The number of amides is 1. The Kier molecular flexibility index (Phi) is 4.00. The molecule has 0 saturated heterocycles. The fourth-order valence-electron chi connectivity index (χ4n) is 1.39. The average Bonchev–Trinajstić information content (AvgIpc) is 2.17. The van der Waals surface area contributed by atoms with Crippen LogP contribution in [0.1, 0.15) is 5.56 Å². The Labute approximate surface area is 105 Å². The molecule has 0 heterocycles. The number of halogens is 1. The summed E-state index contributed by atoms with van der Waals surface area (Å²) in [6.45, 7) is 1.27. The van der Waals surface area contributed by atoms with Crippen molar-refractivity contribution in [2.24, 2.45) is 5.73 Å². The number of carbonyl (C=O) groups is 1. The first kappa shape index (κ1) is 13.8. The highest BCUT2D eigenvalue weighted by Gasteiger charge is 2.21. The van der Waals surface area contributed by atoms with E-state index >= 15 is 0 Å². The van der Waals surface area contributed by atoms with Gasteiger partial charge in [0.05, 0.1) is 11.9 Å². The predicted octanol–water partition coefficient (Wildman–Crippen LogP) is 0.900. The van der Waals surface area contributed by atoms with E-state index in [0.29, 0.717) is 16.3 Å². The average molecular weight is 277 g/mol. The molecular formula is C10H13ClN2O3S. The van der Waals surface area contributed by atoms with Crippen LogP contribution in [0.2, 0.25) is 5.02 Å². The Morgan fingerprint density at radius 1 is 1.47 bits per heavy atom. The molecule has 0 aliphatic heterocycles. The zero-order valence-electron chi connectivity index (χ0n) is 9.47. The predicted molar refractivity (Wildman–Crippen MR) is 67.6 cm³/mol. The Balaban J connectivity index is 3.32. The summed E-state index contributed by atoms with van der Waals surface area (Å²) in [4.78, 5) is 10.9. The summed E-state index contributed by atoms with van der Waals surface area (Å²) in [7, 11) is -3.58. The van der Waals surface area contributed by atoms with Crippen molar-refractivity contribution in [1.29, 1.82) is 0 Å². The van der Waals surface area contributed by atoms with Crippen LogP contribution in [-0.2, 0) is 14.8 Å². The second kappa shape index (κ2) is 4.93. The number of hydrogen-bond acceptors (Lipinski definition) is 3. The van der Waals surface area contributed by atoms with E-state index in [2.05, 4.69) is 0 Å². The van der Waals surface area contributed by atoms with Gasteiger partial charge in [0, 0.05) is 5.02 Å². The topological polar surface area (TPSA) is 80.5 Å². The number of hydrogen-bond donors (Lipinski definition) is 1. The fourth-order valence-corrected chi connectivity index (χ4v) is 2.48. The maximum absolute atomic E-state index is 11.6. The van der Waals surface area contributed by atoms with Crippen LogP contribution in [0, 0.1) is 6.92 Å². The standard InChI is InChI=1S/C10H13ClN2O3S/c1-7-8(11)4-3-5-9(7)13(6-10(12)14)17(2,15)16/h3-5H,6H2,1-2H3,(H2,12,14). The van der Waals surface area contributed by atoms with Gasteiger partial charge in [0.1, 0.15) is 6.54 Å². The highest BCUT2D eigenvalue weighted by molar-refractivity contribution is 7.92. The van der Waals surface area contributed by atoms with Crippen molar-refractivity contribution in [1.82, 2.24) is 0 Å². The van der Waals surface area contributed by atoms with E-state index in [-0.39, 0.29) is 0 Å². The van der Waals surface area contributed by atoms with Crippen LogP contribution >= 0.6 is 11.6 Å². The third-order valence-electron chi connectivity index (χ3n) is 2.21. The minimum atomic E-state index is -3.58. The van der Waals surface area contributed by atoms with Gasteiger partial charge in [0.2, 0.25) is 15.9 Å². The van der Waals surface area contributed by atoms with E-state index in [1.807, 2.05) is 0 Å². The SMILES string of the molecule is Cc1c(Cl)cccc1N(CC(N)=O)S(C)(=O)=O. The summed E-state index contributed by atoms with van der Waals surface area (Å²) in [5.74, 6) is -0.727. The van der Waals surface area contributed by atoms with Gasteiger partial charge in [-0.05, 0) is 24.6 Å².